The fourth-order valence-electron chi connectivity index (χ4n) is 1.15. The monoisotopic (exact) mass is 292 g/mol. The van der Waals surface area contributed by atoms with Crippen molar-refractivity contribution in [1.82, 2.24) is 5.32 Å². The number of hydrogen-bond donors (Lipinski definition) is 5. The minimum absolute atomic E-state index is 0.260. The van der Waals surface area contributed by atoms with Crippen molar-refractivity contribution < 1.29 is 29.7 Å². The fraction of sp³-hybridized carbons (Fsp3) is 0.750. The highest BCUT2D eigenvalue weighted by Crippen LogP contribution is 2.14. The van der Waals surface area contributed by atoms with Gasteiger partial charge in [-0.05, 0) is 19.8 Å². The number of rotatable bonds is 7. The summed E-state index contributed by atoms with van der Waals surface area (Å²) in [5.74, 6) is -2.53. The Morgan fingerprint density at radius 1 is 1.25 bits per heavy atom. The molecule has 6 N–H and O–H groups in total. The molecule has 1 amide bonds. The van der Waals surface area contributed by atoms with Gasteiger partial charge in [0.15, 0.2) is 6.04 Å². The topological polar surface area (TPSA) is 150 Å². The van der Waals surface area contributed by atoms with E-state index < -0.39 is 23.6 Å². The van der Waals surface area contributed by atoms with Crippen LogP contribution in [-0.4, -0.2) is 51.4 Å². The summed E-state index contributed by atoms with van der Waals surface area (Å²) in [5.41, 5.74) is 3.15. The number of amides is 1. The minimum atomic E-state index is -1.42. The summed E-state index contributed by atoms with van der Waals surface area (Å²) >= 11 is 0. The molecule has 0 heterocycles. The van der Waals surface area contributed by atoms with E-state index in [1.807, 2.05) is 6.92 Å². The van der Waals surface area contributed by atoms with Crippen molar-refractivity contribution in [3.63, 3.8) is 0 Å². The number of carbonyl (C=O) groups is 3. The van der Waals surface area contributed by atoms with Crippen LogP contribution in [0.5, 0.6) is 0 Å². The Kier molecular flexibility index (Phi) is 10.5. The molecule has 0 aliphatic heterocycles. The second-order valence-corrected chi connectivity index (χ2v) is 4.40. The number of nitrogens with one attached hydrogen (secondary N) is 1. The first kappa shape index (κ1) is 20.6. The van der Waals surface area contributed by atoms with Crippen LogP contribution in [0.15, 0.2) is 0 Å². The van der Waals surface area contributed by atoms with Gasteiger partial charge in [0.1, 0.15) is 0 Å². The molecule has 20 heavy (non-hydrogen) atoms. The number of hydrogen-bond acceptors (Lipinski definition) is 5. The van der Waals surface area contributed by atoms with Crippen LogP contribution in [0.25, 0.3) is 0 Å². The summed E-state index contributed by atoms with van der Waals surface area (Å²) in [5, 5.41) is 28.6. The molecule has 2 atom stereocenters. The summed E-state index contributed by atoms with van der Waals surface area (Å²) in [6.07, 6.45) is 1.17. The molecule has 118 valence electrons. The van der Waals surface area contributed by atoms with Crippen molar-refractivity contribution in [1.29, 1.82) is 0 Å². The molecule has 0 spiro atoms. The summed E-state index contributed by atoms with van der Waals surface area (Å²) in [6.45, 7) is 4.62. The van der Waals surface area contributed by atoms with E-state index in [-0.39, 0.29) is 25.3 Å². The molecular formula is C12H24N2O6. The van der Waals surface area contributed by atoms with Gasteiger partial charge in [0.2, 0.25) is 5.91 Å². The Labute approximate surface area is 118 Å². The number of nitrogens with two attached hydrogens (primary N) is 1. The molecule has 0 aliphatic rings. The van der Waals surface area contributed by atoms with Gasteiger partial charge in [-0.2, -0.15) is 0 Å². The molecule has 8 heteroatoms. The summed E-state index contributed by atoms with van der Waals surface area (Å²) < 4.78 is 0. The maximum Gasteiger partial charge on any atom is 0.329 e. The van der Waals surface area contributed by atoms with Gasteiger partial charge in [0.25, 0.3) is 0 Å². The molecule has 0 rings (SSSR count). The molecule has 0 saturated heterocycles. The lowest BCUT2D eigenvalue weighted by Crippen LogP contribution is -2.55. The second-order valence-electron chi connectivity index (χ2n) is 4.40. The van der Waals surface area contributed by atoms with Gasteiger partial charge >= 0.3 is 11.9 Å². The maximum absolute atomic E-state index is 11.2. The van der Waals surface area contributed by atoms with E-state index in [1.165, 1.54) is 6.92 Å². The quantitative estimate of drug-likeness (QED) is 0.426. The highest BCUT2D eigenvalue weighted by atomic mass is 16.4. The molecule has 0 aromatic heterocycles. The van der Waals surface area contributed by atoms with Crippen molar-refractivity contribution in [2.24, 2.45) is 5.73 Å². The van der Waals surface area contributed by atoms with E-state index in [0.29, 0.717) is 6.42 Å². The molecule has 0 aliphatic carbocycles. The number of carboxylic acid groups (broad SMARTS) is 2. The lowest BCUT2D eigenvalue weighted by molar-refractivity contribution is -0.149. The second kappa shape index (κ2) is 10.2. The first-order chi connectivity index (χ1) is 9.12. The predicted molar refractivity (Wildman–Crippen MR) is 72.1 cm³/mol. The SMILES string of the molecule is CCCC(=O)NC(C(=O)O)C(C)(O)CC.NCC(=O)O. The van der Waals surface area contributed by atoms with E-state index in [9.17, 15) is 19.5 Å². The molecule has 0 saturated carbocycles. The van der Waals surface area contributed by atoms with Crippen molar-refractivity contribution in [3.05, 3.63) is 0 Å². The van der Waals surface area contributed by atoms with Gasteiger partial charge in [-0.3, -0.25) is 9.59 Å². The fourth-order valence-corrected chi connectivity index (χ4v) is 1.15. The van der Waals surface area contributed by atoms with Crippen molar-refractivity contribution in [3.8, 4) is 0 Å². The Morgan fingerprint density at radius 2 is 1.70 bits per heavy atom. The van der Waals surface area contributed by atoms with Crippen LogP contribution in [0.4, 0.5) is 0 Å². The molecule has 0 aromatic rings. The highest BCUT2D eigenvalue weighted by molar-refractivity contribution is 5.84. The average Bonchev–Trinajstić information content (AvgIpc) is 2.36. The molecule has 2 unspecified atom stereocenters. The zero-order chi connectivity index (χ0) is 16.3. The zero-order valence-electron chi connectivity index (χ0n) is 12.0. The van der Waals surface area contributed by atoms with Gasteiger partial charge in [-0.25, -0.2) is 4.79 Å². The summed E-state index contributed by atoms with van der Waals surface area (Å²) in [4.78, 5) is 31.3. The minimum Gasteiger partial charge on any atom is -0.480 e. The predicted octanol–water partition coefficient (Wildman–Crippen LogP) is -0.453. The number of aliphatic hydroxyl groups is 1. The molecule has 8 nitrogen and oxygen atoms in total. The van der Waals surface area contributed by atoms with E-state index in [4.69, 9.17) is 10.2 Å². The van der Waals surface area contributed by atoms with Gasteiger partial charge in [-0.15, -0.1) is 0 Å². The number of carboxylic acids is 2. The van der Waals surface area contributed by atoms with E-state index in [0.717, 1.165) is 0 Å². The Hall–Kier alpha value is -1.67. The lowest BCUT2D eigenvalue weighted by Gasteiger charge is -2.29. The van der Waals surface area contributed by atoms with E-state index in [1.54, 1.807) is 6.92 Å². The highest BCUT2D eigenvalue weighted by Gasteiger charge is 2.36. The lowest BCUT2D eigenvalue weighted by atomic mass is 9.93. The van der Waals surface area contributed by atoms with Crippen molar-refractivity contribution in [2.45, 2.75) is 51.7 Å². The third-order valence-corrected chi connectivity index (χ3v) is 2.54. The van der Waals surface area contributed by atoms with Crippen LogP contribution in [-0.2, 0) is 14.4 Å². The number of carbonyl (C=O) groups excluding carboxylic acids is 1. The average molecular weight is 292 g/mol. The Bertz CT molecular complexity index is 330. The van der Waals surface area contributed by atoms with Crippen LogP contribution in [0.3, 0.4) is 0 Å². The van der Waals surface area contributed by atoms with Gasteiger partial charge in [0, 0.05) is 6.42 Å². The van der Waals surface area contributed by atoms with Crippen LogP contribution in [0, 0.1) is 0 Å². The van der Waals surface area contributed by atoms with Crippen LogP contribution < -0.4 is 11.1 Å². The molecule has 0 bridgehead atoms. The van der Waals surface area contributed by atoms with Gasteiger partial charge in [0.05, 0.1) is 12.1 Å². The molecule has 0 fully saturated rings. The van der Waals surface area contributed by atoms with Gasteiger partial charge in [-0.1, -0.05) is 13.8 Å². The zero-order valence-corrected chi connectivity index (χ0v) is 12.0. The Balaban J connectivity index is 0. The van der Waals surface area contributed by atoms with Crippen LogP contribution in [0.1, 0.15) is 40.0 Å². The molecule has 0 radical (unpaired) electrons. The normalized spacial score (nSPS) is 14.2. The smallest absolute Gasteiger partial charge is 0.329 e. The van der Waals surface area contributed by atoms with Crippen molar-refractivity contribution in [2.75, 3.05) is 6.54 Å². The molecule has 0 aromatic carbocycles. The largest absolute Gasteiger partial charge is 0.480 e. The van der Waals surface area contributed by atoms with Crippen molar-refractivity contribution >= 4 is 17.8 Å². The van der Waals surface area contributed by atoms with E-state index in [2.05, 4.69) is 11.1 Å². The van der Waals surface area contributed by atoms with E-state index >= 15 is 0 Å². The third-order valence-electron chi connectivity index (χ3n) is 2.54. The van der Waals surface area contributed by atoms with Gasteiger partial charge < -0.3 is 26.4 Å². The molecular weight excluding hydrogens is 268 g/mol. The number of aliphatic carboxylic acids is 2. The first-order valence-corrected chi connectivity index (χ1v) is 6.28. The maximum atomic E-state index is 11.2. The summed E-state index contributed by atoms with van der Waals surface area (Å²) in [7, 11) is 0. The Morgan fingerprint density at radius 3 is 1.95 bits per heavy atom. The first-order valence-electron chi connectivity index (χ1n) is 6.28. The third kappa shape index (κ3) is 9.29. The van der Waals surface area contributed by atoms with Crippen LogP contribution in [0.2, 0.25) is 0 Å². The standard InChI is InChI=1S/C10H19NO4.C2H5NO2/c1-4-6-7(12)11-8(9(13)14)10(3,15)5-2;3-1-2(4)5/h8,15H,4-6H2,1-3H3,(H,11,12)(H,13,14);1,3H2,(H,4,5). The summed E-state index contributed by atoms with van der Waals surface area (Å²) in [6, 6.07) is -1.25. The van der Waals surface area contributed by atoms with Crippen LogP contribution >= 0.6 is 0 Å².